The van der Waals surface area contributed by atoms with E-state index in [1.165, 1.54) is 6.92 Å². The van der Waals surface area contributed by atoms with Gasteiger partial charge in [-0.3, -0.25) is 4.79 Å². The number of hydrogen-bond acceptors (Lipinski definition) is 4. The van der Waals surface area contributed by atoms with Gasteiger partial charge in [0, 0.05) is 17.8 Å². The molecule has 122 valence electrons. The van der Waals surface area contributed by atoms with E-state index >= 15 is 0 Å². The molecule has 1 unspecified atom stereocenters. The van der Waals surface area contributed by atoms with Gasteiger partial charge in [-0.05, 0) is 35.4 Å². The van der Waals surface area contributed by atoms with Crippen molar-refractivity contribution in [2.24, 2.45) is 5.10 Å². The van der Waals surface area contributed by atoms with Gasteiger partial charge in [-0.1, -0.05) is 34.1 Å². The lowest BCUT2D eigenvalue weighted by atomic mass is 9.98. The van der Waals surface area contributed by atoms with Gasteiger partial charge in [0.2, 0.25) is 12.7 Å². The van der Waals surface area contributed by atoms with Crippen LogP contribution >= 0.6 is 15.9 Å². The van der Waals surface area contributed by atoms with E-state index in [1.54, 1.807) is 5.01 Å². The largest absolute Gasteiger partial charge is 0.454 e. The van der Waals surface area contributed by atoms with Gasteiger partial charge >= 0.3 is 0 Å². The van der Waals surface area contributed by atoms with Crippen LogP contribution in [0, 0.1) is 0 Å². The Balaban J connectivity index is 1.68. The highest BCUT2D eigenvalue weighted by Crippen LogP contribution is 2.39. The Bertz CT molecular complexity index is 850. The van der Waals surface area contributed by atoms with Gasteiger partial charge in [0.15, 0.2) is 11.5 Å². The van der Waals surface area contributed by atoms with Crippen molar-refractivity contribution in [1.82, 2.24) is 5.01 Å². The van der Waals surface area contributed by atoms with Crippen LogP contribution in [0.25, 0.3) is 0 Å². The van der Waals surface area contributed by atoms with Crippen LogP contribution in [-0.4, -0.2) is 23.4 Å². The van der Waals surface area contributed by atoms with Crippen molar-refractivity contribution in [2.45, 2.75) is 19.4 Å². The van der Waals surface area contributed by atoms with Crippen LogP contribution in [0.3, 0.4) is 0 Å². The van der Waals surface area contributed by atoms with Crippen molar-refractivity contribution >= 4 is 27.5 Å². The third-order valence-corrected chi connectivity index (χ3v) is 4.67. The van der Waals surface area contributed by atoms with Crippen LogP contribution in [0.5, 0.6) is 11.5 Å². The summed E-state index contributed by atoms with van der Waals surface area (Å²) in [5, 5.41) is 6.11. The molecule has 2 aliphatic heterocycles. The Hall–Kier alpha value is -2.34. The Morgan fingerprint density at radius 1 is 1.21 bits per heavy atom. The minimum Gasteiger partial charge on any atom is -0.454 e. The number of rotatable bonds is 2. The number of hydrogen-bond donors (Lipinski definition) is 0. The molecule has 0 aliphatic carbocycles. The van der Waals surface area contributed by atoms with Crippen LogP contribution < -0.4 is 9.47 Å². The molecule has 2 heterocycles. The predicted molar refractivity (Wildman–Crippen MR) is 93.1 cm³/mol. The molecule has 6 heteroatoms. The maximum Gasteiger partial charge on any atom is 0.240 e. The molecule has 2 aromatic carbocycles. The summed E-state index contributed by atoms with van der Waals surface area (Å²) in [4.78, 5) is 12.1. The van der Waals surface area contributed by atoms with Gasteiger partial charge in [-0.15, -0.1) is 0 Å². The van der Waals surface area contributed by atoms with E-state index in [1.807, 2.05) is 42.5 Å². The fourth-order valence-corrected chi connectivity index (χ4v) is 3.42. The molecule has 0 saturated carbocycles. The summed E-state index contributed by atoms with van der Waals surface area (Å²) < 4.78 is 11.8. The molecule has 2 aliphatic rings. The maximum absolute atomic E-state index is 12.1. The molecule has 1 amide bonds. The minimum atomic E-state index is -0.133. The molecule has 1 atom stereocenters. The summed E-state index contributed by atoms with van der Waals surface area (Å²) in [5.41, 5.74) is 2.90. The average molecular weight is 387 g/mol. The highest BCUT2D eigenvalue weighted by Gasteiger charge is 2.32. The molecule has 24 heavy (non-hydrogen) atoms. The van der Waals surface area contributed by atoms with Crippen molar-refractivity contribution in [1.29, 1.82) is 0 Å². The predicted octanol–water partition coefficient (Wildman–Crippen LogP) is 3.88. The second kappa shape index (κ2) is 5.94. The fraction of sp³-hybridized carbons (Fsp3) is 0.222. The molecule has 4 rings (SSSR count). The van der Waals surface area contributed by atoms with E-state index in [0.717, 1.165) is 27.1 Å². The van der Waals surface area contributed by atoms with Crippen molar-refractivity contribution in [2.75, 3.05) is 6.79 Å². The van der Waals surface area contributed by atoms with Crippen molar-refractivity contribution < 1.29 is 14.3 Å². The lowest BCUT2D eigenvalue weighted by Gasteiger charge is -2.20. The first-order chi connectivity index (χ1) is 11.6. The van der Waals surface area contributed by atoms with E-state index in [9.17, 15) is 4.79 Å². The summed E-state index contributed by atoms with van der Waals surface area (Å²) >= 11 is 3.48. The van der Waals surface area contributed by atoms with Gasteiger partial charge in [-0.2, -0.15) is 5.10 Å². The molecular formula is C18H15BrN2O3. The second-order valence-corrected chi connectivity index (χ2v) is 6.67. The molecule has 0 bridgehead atoms. The normalized spacial score (nSPS) is 18.7. The van der Waals surface area contributed by atoms with Crippen LogP contribution in [0.2, 0.25) is 0 Å². The molecule has 0 saturated heterocycles. The Morgan fingerprint density at radius 2 is 2.04 bits per heavy atom. The topological polar surface area (TPSA) is 51.1 Å². The number of nitrogens with zero attached hydrogens (tertiary/aromatic N) is 2. The minimum absolute atomic E-state index is 0.0809. The summed E-state index contributed by atoms with van der Waals surface area (Å²) in [6.45, 7) is 1.77. The lowest BCUT2D eigenvalue weighted by molar-refractivity contribution is -0.130. The number of benzene rings is 2. The standard InChI is InChI=1S/C18H15BrN2O3/c1-11(22)21-16(13-5-6-17-18(8-13)24-10-23-17)9-15(20-21)12-3-2-4-14(19)7-12/h2-8,16H,9-10H2,1H3. The lowest BCUT2D eigenvalue weighted by Crippen LogP contribution is -2.24. The van der Waals surface area contributed by atoms with Crippen LogP contribution in [-0.2, 0) is 4.79 Å². The SMILES string of the molecule is CC(=O)N1N=C(c2cccc(Br)c2)CC1c1ccc2c(c1)OCO2. The number of fused-ring (bicyclic) bond motifs is 1. The number of carbonyl (C=O) groups is 1. The highest BCUT2D eigenvalue weighted by molar-refractivity contribution is 9.10. The number of carbonyl (C=O) groups excluding carboxylic acids is 1. The Morgan fingerprint density at radius 3 is 2.83 bits per heavy atom. The first-order valence-electron chi connectivity index (χ1n) is 7.64. The number of amides is 1. The molecule has 0 radical (unpaired) electrons. The summed E-state index contributed by atoms with van der Waals surface area (Å²) in [7, 11) is 0. The average Bonchev–Trinajstić information content (AvgIpc) is 3.21. The third kappa shape index (κ3) is 2.67. The summed E-state index contributed by atoms with van der Waals surface area (Å²) in [6, 6.07) is 13.6. The number of hydrazone groups is 1. The molecule has 0 spiro atoms. The number of ether oxygens (including phenoxy) is 2. The van der Waals surface area contributed by atoms with E-state index in [2.05, 4.69) is 21.0 Å². The summed E-state index contributed by atoms with van der Waals surface area (Å²) in [6.07, 6.45) is 0.662. The molecule has 5 nitrogen and oxygen atoms in total. The van der Waals surface area contributed by atoms with Crippen LogP contribution in [0.1, 0.15) is 30.5 Å². The van der Waals surface area contributed by atoms with Gasteiger partial charge in [-0.25, -0.2) is 5.01 Å². The van der Waals surface area contributed by atoms with E-state index in [0.29, 0.717) is 12.2 Å². The highest BCUT2D eigenvalue weighted by atomic mass is 79.9. The van der Waals surface area contributed by atoms with Gasteiger partial charge in [0.25, 0.3) is 0 Å². The maximum atomic E-state index is 12.1. The van der Waals surface area contributed by atoms with E-state index in [4.69, 9.17) is 9.47 Å². The quantitative estimate of drug-likeness (QED) is 0.786. The first kappa shape index (κ1) is 15.2. The zero-order chi connectivity index (χ0) is 16.7. The number of halogens is 1. The van der Waals surface area contributed by atoms with Gasteiger partial charge in [0.05, 0.1) is 11.8 Å². The molecule has 0 aromatic heterocycles. The van der Waals surface area contributed by atoms with Crippen LogP contribution in [0.15, 0.2) is 52.0 Å². The molecule has 2 aromatic rings. The molecule has 0 N–H and O–H groups in total. The van der Waals surface area contributed by atoms with Gasteiger partial charge in [0.1, 0.15) is 0 Å². The zero-order valence-electron chi connectivity index (χ0n) is 13.0. The van der Waals surface area contributed by atoms with E-state index < -0.39 is 0 Å². The van der Waals surface area contributed by atoms with Gasteiger partial charge < -0.3 is 9.47 Å². The van der Waals surface area contributed by atoms with Crippen molar-refractivity contribution in [3.05, 3.63) is 58.1 Å². The first-order valence-corrected chi connectivity index (χ1v) is 8.44. The Labute approximate surface area is 148 Å². The smallest absolute Gasteiger partial charge is 0.240 e. The zero-order valence-corrected chi connectivity index (χ0v) is 14.6. The Kier molecular flexibility index (Phi) is 3.76. The van der Waals surface area contributed by atoms with Crippen LogP contribution in [0.4, 0.5) is 0 Å². The fourth-order valence-electron chi connectivity index (χ4n) is 3.02. The molecular weight excluding hydrogens is 372 g/mol. The second-order valence-electron chi connectivity index (χ2n) is 5.75. The molecule has 0 fully saturated rings. The van der Waals surface area contributed by atoms with Crippen molar-refractivity contribution in [3.8, 4) is 11.5 Å². The van der Waals surface area contributed by atoms with E-state index in [-0.39, 0.29) is 18.7 Å². The monoisotopic (exact) mass is 386 g/mol. The summed E-state index contributed by atoms with van der Waals surface area (Å²) in [5.74, 6) is 1.37. The van der Waals surface area contributed by atoms with Crippen molar-refractivity contribution in [3.63, 3.8) is 0 Å². The third-order valence-electron chi connectivity index (χ3n) is 4.17.